The summed E-state index contributed by atoms with van der Waals surface area (Å²) in [6.45, 7) is 1.07. The van der Waals surface area contributed by atoms with Gasteiger partial charge in [-0.25, -0.2) is 0 Å². The maximum atomic E-state index is 11.5. The van der Waals surface area contributed by atoms with Crippen molar-refractivity contribution in [1.29, 1.82) is 0 Å². The molecular formula is C13H20N2O2. The van der Waals surface area contributed by atoms with Gasteiger partial charge in [-0.2, -0.15) is 0 Å². The molecule has 0 aromatic carbocycles. The van der Waals surface area contributed by atoms with Crippen molar-refractivity contribution in [3.63, 3.8) is 0 Å². The number of furan rings is 1. The fourth-order valence-electron chi connectivity index (χ4n) is 2.21. The number of rotatable bonds is 6. The van der Waals surface area contributed by atoms with E-state index in [0.717, 1.165) is 12.2 Å². The zero-order valence-electron chi connectivity index (χ0n) is 10.1. The largest absolute Gasteiger partial charge is 0.469 e. The van der Waals surface area contributed by atoms with Crippen molar-refractivity contribution in [3.8, 4) is 0 Å². The summed E-state index contributed by atoms with van der Waals surface area (Å²) >= 11 is 0. The van der Waals surface area contributed by atoms with Crippen LogP contribution in [0.3, 0.4) is 0 Å². The second-order valence-corrected chi connectivity index (χ2v) is 4.54. The molecule has 4 heteroatoms. The van der Waals surface area contributed by atoms with Crippen LogP contribution in [0.1, 0.15) is 31.4 Å². The predicted molar refractivity (Wildman–Crippen MR) is 65.7 cm³/mol. The van der Waals surface area contributed by atoms with Gasteiger partial charge in [0.25, 0.3) is 0 Å². The van der Waals surface area contributed by atoms with E-state index in [1.165, 1.54) is 25.7 Å². The van der Waals surface area contributed by atoms with E-state index in [1.807, 2.05) is 12.1 Å². The molecule has 1 heterocycles. The highest BCUT2D eigenvalue weighted by Gasteiger charge is 2.14. The van der Waals surface area contributed by atoms with Gasteiger partial charge < -0.3 is 15.1 Å². The zero-order valence-corrected chi connectivity index (χ0v) is 10.1. The van der Waals surface area contributed by atoms with E-state index in [9.17, 15) is 4.79 Å². The van der Waals surface area contributed by atoms with Gasteiger partial charge in [0.05, 0.1) is 12.8 Å². The van der Waals surface area contributed by atoms with Crippen LogP contribution in [0.4, 0.5) is 0 Å². The first-order valence-electron chi connectivity index (χ1n) is 6.37. The van der Waals surface area contributed by atoms with Gasteiger partial charge in [0.1, 0.15) is 5.76 Å². The molecule has 2 rings (SSSR count). The topological polar surface area (TPSA) is 54.3 Å². The van der Waals surface area contributed by atoms with Gasteiger partial charge in [-0.3, -0.25) is 4.79 Å². The van der Waals surface area contributed by atoms with Crippen molar-refractivity contribution < 1.29 is 9.21 Å². The molecule has 1 saturated carbocycles. The minimum Gasteiger partial charge on any atom is -0.469 e. The second-order valence-electron chi connectivity index (χ2n) is 4.54. The summed E-state index contributed by atoms with van der Waals surface area (Å²) in [5.41, 5.74) is 0. The molecule has 1 fully saturated rings. The van der Waals surface area contributed by atoms with Crippen molar-refractivity contribution in [2.45, 2.75) is 38.1 Å². The Hall–Kier alpha value is -1.29. The Bertz CT molecular complexity index is 329. The van der Waals surface area contributed by atoms with E-state index >= 15 is 0 Å². The van der Waals surface area contributed by atoms with E-state index in [-0.39, 0.29) is 5.91 Å². The van der Waals surface area contributed by atoms with Crippen LogP contribution in [0.5, 0.6) is 0 Å². The van der Waals surface area contributed by atoms with Gasteiger partial charge in [0.2, 0.25) is 5.91 Å². The van der Waals surface area contributed by atoms with Crippen LogP contribution in [0.2, 0.25) is 0 Å². The lowest BCUT2D eigenvalue weighted by Crippen LogP contribution is -2.38. The second kappa shape index (κ2) is 6.45. The third kappa shape index (κ3) is 4.23. The van der Waals surface area contributed by atoms with Gasteiger partial charge in [-0.1, -0.05) is 12.8 Å². The maximum Gasteiger partial charge on any atom is 0.233 e. The molecule has 1 aromatic rings. The molecule has 0 bridgehead atoms. The van der Waals surface area contributed by atoms with Crippen LogP contribution >= 0.6 is 0 Å². The highest BCUT2D eigenvalue weighted by Crippen LogP contribution is 2.17. The smallest absolute Gasteiger partial charge is 0.233 e. The first-order valence-corrected chi connectivity index (χ1v) is 6.37. The summed E-state index contributed by atoms with van der Waals surface area (Å²) in [5.74, 6) is 0.984. The van der Waals surface area contributed by atoms with Crippen LogP contribution in [0.15, 0.2) is 22.8 Å². The molecule has 1 aliphatic rings. The lowest BCUT2D eigenvalue weighted by atomic mass is 10.2. The van der Waals surface area contributed by atoms with Gasteiger partial charge in [-0.15, -0.1) is 0 Å². The monoisotopic (exact) mass is 236 g/mol. The van der Waals surface area contributed by atoms with E-state index in [0.29, 0.717) is 19.1 Å². The first kappa shape index (κ1) is 12.2. The molecule has 0 saturated heterocycles. The van der Waals surface area contributed by atoms with Crippen molar-refractivity contribution >= 4 is 5.91 Å². The minimum atomic E-state index is 0.0726. The molecule has 0 atom stereocenters. The van der Waals surface area contributed by atoms with Crippen LogP contribution in [0.25, 0.3) is 0 Å². The summed E-state index contributed by atoms with van der Waals surface area (Å²) in [6, 6.07) is 4.33. The molecule has 2 N–H and O–H groups in total. The number of amides is 1. The van der Waals surface area contributed by atoms with Crippen molar-refractivity contribution in [3.05, 3.63) is 24.2 Å². The fourth-order valence-corrected chi connectivity index (χ4v) is 2.21. The molecule has 0 radical (unpaired) electrons. The van der Waals surface area contributed by atoms with E-state index in [1.54, 1.807) is 6.26 Å². The Morgan fingerprint density at radius 3 is 2.94 bits per heavy atom. The van der Waals surface area contributed by atoms with Crippen molar-refractivity contribution in [2.75, 3.05) is 13.1 Å². The molecule has 94 valence electrons. The normalized spacial score (nSPS) is 16.2. The summed E-state index contributed by atoms with van der Waals surface area (Å²) in [5, 5.41) is 6.17. The molecule has 1 aromatic heterocycles. The van der Waals surface area contributed by atoms with Crippen molar-refractivity contribution in [2.24, 2.45) is 0 Å². The Balaban J connectivity index is 1.54. The third-order valence-electron chi connectivity index (χ3n) is 3.18. The van der Waals surface area contributed by atoms with E-state index in [2.05, 4.69) is 10.6 Å². The fraction of sp³-hybridized carbons (Fsp3) is 0.615. The summed E-state index contributed by atoms with van der Waals surface area (Å²) in [6.07, 6.45) is 7.40. The highest BCUT2D eigenvalue weighted by atomic mass is 16.3. The molecule has 0 unspecified atom stereocenters. The van der Waals surface area contributed by atoms with Gasteiger partial charge in [0, 0.05) is 19.0 Å². The number of nitrogens with one attached hydrogen (secondary N) is 2. The van der Waals surface area contributed by atoms with E-state index < -0.39 is 0 Å². The van der Waals surface area contributed by atoms with Crippen LogP contribution in [-0.4, -0.2) is 25.0 Å². The molecular weight excluding hydrogens is 216 g/mol. The summed E-state index contributed by atoms with van der Waals surface area (Å²) in [7, 11) is 0. The molecule has 1 amide bonds. The summed E-state index contributed by atoms with van der Waals surface area (Å²) < 4.78 is 5.19. The lowest BCUT2D eigenvalue weighted by Gasteiger charge is -2.11. The number of carbonyl (C=O) groups is 1. The highest BCUT2D eigenvalue weighted by molar-refractivity contribution is 5.77. The van der Waals surface area contributed by atoms with Crippen LogP contribution in [0, 0.1) is 0 Å². The number of hydrogen-bond acceptors (Lipinski definition) is 3. The van der Waals surface area contributed by atoms with Crippen molar-refractivity contribution in [1.82, 2.24) is 10.6 Å². The predicted octanol–water partition coefficient (Wildman–Crippen LogP) is 1.47. The van der Waals surface area contributed by atoms with Crippen LogP contribution < -0.4 is 10.6 Å². The van der Waals surface area contributed by atoms with Gasteiger partial charge >= 0.3 is 0 Å². The Morgan fingerprint density at radius 1 is 1.41 bits per heavy atom. The van der Waals surface area contributed by atoms with Gasteiger partial charge in [-0.05, 0) is 25.0 Å². The van der Waals surface area contributed by atoms with E-state index in [4.69, 9.17) is 4.42 Å². The van der Waals surface area contributed by atoms with Crippen LogP contribution in [-0.2, 0) is 11.2 Å². The lowest BCUT2D eigenvalue weighted by molar-refractivity contribution is -0.120. The molecule has 0 aliphatic heterocycles. The first-order chi connectivity index (χ1) is 8.34. The standard InChI is InChI=1S/C13H20N2O2/c16-13(10-15-11-4-1-2-5-11)14-8-7-12-6-3-9-17-12/h3,6,9,11,15H,1-2,4-5,7-8,10H2,(H,14,16). The maximum absolute atomic E-state index is 11.5. The van der Waals surface area contributed by atoms with Gasteiger partial charge in [0.15, 0.2) is 0 Å². The molecule has 17 heavy (non-hydrogen) atoms. The Morgan fingerprint density at radius 2 is 2.24 bits per heavy atom. The summed E-state index contributed by atoms with van der Waals surface area (Å²) in [4.78, 5) is 11.5. The number of carbonyl (C=O) groups excluding carboxylic acids is 1. The quantitative estimate of drug-likeness (QED) is 0.786. The molecule has 1 aliphatic carbocycles. The average Bonchev–Trinajstić information content (AvgIpc) is 2.99. The SMILES string of the molecule is O=C(CNC1CCCC1)NCCc1ccco1. The minimum absolute atomic E-state index is 0.0726. The zero-order chi connectivity index (χ0) is 11.9. The average molecular weight is 236 g/mol. The molecule has 4 nitrogen and oxygen atoms in total. The Labute approximate surface area is 102 Å². The molecule has 0 spiro atoms. The Kier molecular flexibility index (Phi) is 4.62. The number of hydrogen-bond donors (Lipinski definition) is 2. The third-order valence-corrected chi connectivity index (χ3v) is 3.18.